The maximum atomic E-state index is 14.6. The van der Waals surface area contributed by atoms with Crippen LogP contribution in [0.3, 0.4) is 0 Å². The van der Waals surface area contributed by atoms with Crippen LogP contribution >= 0.6 is 0 Å². The first kappa shape index (κ1) is 37.3. The van der Waals surface area contributed by atoms with Gasteiger partial charge in [-0.2, -0.15) is 0 Å². The van der Waals surface area contributed by atoms with Gasteiger partial charge in [-0.15, -0.1) is 0 Å². The summed E-state index contributed by atoms with van der Waals surface area (Å²) in [5.74, 6) is -3.05. The summed E-state index contributed by atoms with van der Waals surface area (Å²) in [6.07, 6.45) is 2.81. The minimum absolute atomic E-state index is 0.0161. The molecule has 2 fully saturated rings. The first-order chi connectivity index (χ1) is 21.7. The van der Waals surface area contributed by atoms with Crippen LogP contribution < -0.4 is 10.6 Å². The number of nitrogens with zero attached hydrogens (tertiary/aromatic N) is 3. The molecule has 2 saturated heterocycles. The number of rotatable bonds is 11. The van der Waals surface area contributed by atoms with Crippen LogP contribution in [0.4, 0.5) is 9.18 Å². The molecule has 1 aliphatic carbocycles. The molecular weight excluding hydrogens is 597 g/mol. The van der Waals surface area contributed by atoms with Crippen LogP contribution in [-0.4, -0.2) is 116 Å². The van der Waals surface area contributed by atoms with E-state index in [1.807, 2.05) is 20.8 Å². The topological polar surface area (TPSA) is 130 Å². The third-order valence-corrected chi connectivity index (χ3v) is 8.13. The van der Waals surface area contributed by atoms with Crippen molar-refractivity contribution in [3.63, 3.8) is 0 Å². The average molecular weight is 652 g/mol. The molecule has 2 heterocycles. The maximum Gasteiger partial charge on any atom is 0.410 e. The van der Waals surface area contributed by atoms with Crippen LogP contribution in [0.25, 0.3) is 0 Å². The lowest BCUT2D eigenvalue weighted by Gasteiger charge is -2.44. The summed E-state index contributed by atoms with van der Waals surface area (Å²) in [5.41, 5.74) is 0.134. The van der Waals surface area contributed by atoms with Gasteiger partial charge in [0.15, 0.2) is 0 Å². The predicted octanol–water partition coefficient (Wildman–Crippen LogP) is 3.19. The van der Waals surface area contributed by atoms with Crippen LogP contribution in [0.5, 0.6) is 0 Å². The molecule has 4 amide bonds. The van der Waals surface area contributed by atoms with Crippen molar-refractivity contribution in [2.75, 3.05) is 66.2 Å². The van der Waals surface area contributed by atoms with Crippen LogP contribution in [-0.2, 0) is 28.6 Å². The number of amides is 4. The molecule has 0 spiro atoms. The molecule has 2 aliphatic heterocycles. The summed E-state index contributed by atoms with van der Waals surface area (Å²) >= 11 is 0. The molecule has 3 aliphatic rings. The van der Waals surface area contributed by atoms with Gasteiger partial charge < -0.3 is 39.5 Å². The molecule has 260 valence electrons. The fraction of sp³-hybridized carbons (Fsp3) is 0.758. The predicted molar refractivity (Wildman–Crippen MR) is 171 cm³/mol. The summed E-state index contributed by atoms with van der Waals surface area (Å²) in [7, 11) is 1.64. The number of nitrogens with one attached hydrogen (secondary N) is 2. The van der Waals surface area contributed by atoms with Crippen LogP contribution in [0.2, 0.25) is 0 Å². The van der Waals surface area contributed by atoms with E-state index in [0.29, 0.717) is 45.2 Å². The van der Waals surface area contributed by atoms with Crippen molar-refractivity contribution in [3.05, 3.63) is 23.3 Å². The number of halogens is 1. The van der Waals surface area contributed by atoms with E-state index < -0.39 is 35.5 Å². The number of carbonyl (C=O) groups excluding carboxylic acids is 4. The number of allylic oxidation sites excluding steroid dienone is 3. The Kier molecular flexibility index (Phi) is 13.9. The fourth-order valence-corrected chi connectivity index (χ4v) is 6.01. The number of hydrogen-bond acceptors (Lipinski definition) is 8. The molecule has 0 aromatic rings. The normalized spacial score (nSPS) is 22.4. The van der Waals surface area contributed by atoms with Crippen molar-refractivity contribution in [1.29, 1.82) is 0 Å². The fourth-order valence-electron chi connectivity index (χ4n) is 6.01. The maximum absolute atomic E-state index is 14.6. The number of methoxy groups -OCH3 is 1. The zero-order chi connectivity index (χ0) is 34.0. The van der Waals surface area contributed by atoms with Gasteiger partial charge in [0.25, 0.3) is 0 Å². The van der Waals surface area contributed by atoms with Gasteiger partial charge in [0.05, 0.1) is 30.9 Å². The minimum atomic E-state index is -0.905. The van der Waals surface area contributed by atoms with E-state index in [0.717, 1.165) is 12.8 Å². The van der Waals surface area contributed by atoms with Gasteiger partial charge in [-0.1, -0.05) is 20.8 Å². The Hall–Kier alpha value is -3.19. The van der Waals surface area contributed by atoms with E-state index in [1.54, 1.807) is 32.8 Å². The SMILES string of the molecule is COCCCCNC1=C(NC(=O)C(=O)N(CC(C)C)[C@H]2C[C@@H](C(=O)N3CCOCC3)CN(C(=O)OC(C)(C)C)C2)C=C(F)CC1C. The zero-order valence-electron chi connectivity index (χ0n) is 28.7. The van der Waals surface area contributed by atoms with Crippen molar-refractivity contribution in [3.8, 4) is 0 Å². The van der Waals surface area contributed by atoms with E-state index in [-0.39, 0.29) is 61.7 Å². The number of carbonyl (C=O) groups is 4. The zero-order valence-corrected chi connectivity index (χ0v) is 28.7. The number of ether oxygens (including phenoxy) is 3. The second-order valence-corrected chi connectivity index (χ2v) is 13.9. The third kappa shape index (κ3) is 11.0. The first-order valence-electron chi connectivity index (χ1n) is 16.5. The summed E-state index contributed by atoms with van der Waals surface area (Å²) in [5, 5.41) is 6.00. The molecule has 1 unspecified atom stereocenters. The van der Waals surface area contributed by atoms with Crippen LogP contribution in [0, 0.1) is 17.8 Å². The van der Waals surface area contributed by atoms with E-state index in [9.17, 15) is 23.6 Å². The summed E-state index contributed by atoms with van der Waals surface area (Å²) in [4.78, 5) is 59.1. The highest BCUT2D eigenvalue weighted by Gasteiger charge is 2.42. The van der Waals surface area contributed by atoms with Gasteiger partial charge in [0.1, 0.15) is 11.4 Å². The summed E-state index contributed by atoms with van der Waals surface area (Å²) in [6.45, 7) is 14.5. The molecular formula is C33H54FN5O7. The lowest BCUT2D eigenvalue weighted by atomic mass is 9.91. The molecule has 0 aromatic carbocycles. The van der Waals surface area contributed by atoms with Crippen molar-refractivity contribution < 1.29 is 37.8 Å². The monoisotopic (exact) mass is 651 g/mol. The van der Waals surface area contributed by atoms with Gasteiger partial charge >= 0.3 is 17.9 Å². The highest BCUT2D eigenvalue weighted by atomic mass is 19.1. The molecule has 3 atom stereocenters. The summed E-state index contributed by atoms with van der Waals surface area (Å²) in [6, 6.07) is -0.623. The first-order valence-corrected chi connectivity index (χ1v) is 16.5. The molecule has 0 saturated carbocycles. The largest absolute Gasteiger partial charge is 0.444 e. The van der Waals surface area contributed by atoms with Crippen molar-refractivity contribution >= 4 is 23.8 Å². The van der Waals surface area contributed by atoms with E-state index in [1.165, 1.54) is 15.9 Å². The van der Waals surface area contributed by atoms with Crippen LogP contribution in [0.15, 0.2) is 23.3 Å². The Morgan fingerprint density at radius 1 is 1.11 bits per heavy atom. The molecule has 2 N–H and O–H groups in total. The lowest BCUT2D eigenvalue weighted by Crippen LogP contribution is -2.60. The van der Waals surface area contributed by atoms with E-state index in [2.05, 4.69) is 10.6 Å². The van der Waals surface area contributed by atoms with E-state index >= 15 is 0 Å². The molecule has 13 heteroatoms. The number of piperidine rings is 1. The van der Waals surface area contributed by atoms with Crippen molar-refractivity contribution in [2.45, 2.75) is 78.9 Å². The molecule has 3 rings (SSSR count). The summed E-state index contributed by atoms with van der Waals surface area (Å²) < 4.78 is 30.7. The Morgan fingerprint density at radius 3 is 2.43 bits per heavy atom. The van der Waals surface area contributed by atoms with Crippen LogP contribution in [0.1, 0.15) is 67.2 Å². The Morgan fingerprint density at radius 2 is 1.80 bits per heavy atom. The van der Waals surface area contributed by atoms with Gasteiger partial charge in [-0.05, 0) is 52.0 Å². The number of unbranched alkanes of at least 4 members (excludes halogenated alkanes) is 1. The number of hydrogen-bond donors (Lipinski definition) is 2. The molecule has 0 bridgehead atoms. The van der Waals surface area contributed by atoms with Gasteiger partial charge in [0.2, 0.25) is 5.91 Å². The molecule has 12 nitrogen and oxygen atoms in total. The van der Waals surface area contributed by atoms with Crippen molar-refractivity contribution in [2.24, 2.45) is 17.8 Å². The lowest BCUT2D eigenvalue weighted by molar-refractivity contribution is -0.150. The Labute approximate surface area is 273 Å². The highest BCUT2D eigenvalue weighted by Crippen LogP contribution is 2.29. The average Bonchev–Trinajstić information content (AvgIpc) is 2.99. The number of likely N-dealkylation sites (tertiary alicyclic amines) is 1. The Balaban J connectivity index is 1.86. The van der Waals surface area contributed by atoms with Gasteiger partial charge in [-0.25, -0.2) is 9.18 Å². The standard InChI is InChI=1S/C33H54FN5O7/c1-22(2)19-39(31(42)29(40)36-27-18-25(34)16-23(3)28(27)35-10-8-9-13-44-7)26-17-24(30(41)37-11-14-45-15-12-37)20-38(21-26)32(43)46-33(4,5)6/h18,22-24,26,35H,8-17,19-21H2,1-7H3,(H,36,40)/t23?,24-,26+/m1/s1. The quantitative estimate of drug-likeness (QED) is 0.258. The van der Waals surface area contributed by atoms with Gasteiger partial charge in [-0.3, -0.25) is 14.4 Å². The van der Waals surface area contributed by atoms with Crippen molar-refractivity contribution in [1.82, 2.24) is 25.3 Å². The number of morpholine rings is 1. The third-order valence-electron chi connectivity index (χ3n) is 8.13. The minimum Gasteiger partial charge on any atom is -0.444 e. The molecule has 0 radical (unpaired) electrons. The molecule has 0 aromatic heterocycles. The van der Waals surface area contributed by atoms with Gasteiger partial charge in [0, 0.05) is 71.0 Å². The Bertz CT molecular complexity index is 1150. The second kappa shape index (κ2) is 17.1. The highest BCUT2D eigenvalue weighted by molar-refractivity contribution is 6.35. The molecule has 46 heavy (non-hydrogen) atoms. The second-order valence-electron chi connectivity index (χ2n) is 13.9. The van der Waals surface area contributed by atoms with E-state index in [4.69, 9.17) is 14.2 Å². The smallest absolute Gasteiger partial charge is 0.410 e.